The summed E-state index contributed by atoms with van der Waals surface area (Å²) in [5, 5.41) is 10.2. The van der Waals surface area contributed by atoms with Crippen molar-refractivity contribution in [2.24, 2.45) is 0 Å². The van der Waals surface area contributed by atoms with Crippen molar-refractivity contribution in [2.75, 3.05) is 6.61 Å². The minimum absolute atomic E-state index is 0.0154. The zero-order chi connectivity index (χ0) is 19.6. The van der Waals surface area contributed by atoms with Crippen LogP contribution in [0.3, 0.4) is 0 Å². The van der Waals surface area contributed by atoms with Crippen LogP contribution >= 0.6 is 11.3 Å². The summed E-state index contributed by atoms with van der Waals surface area (Å²) >= 11 is 0.954. The Hall–Kier alpha value is -2.87. The average molecular weight is 393 g/mol. The third-order valence-corrected chi connectivity index (χ3v) is 4.82. The molecule has 0 spiro atoms. The van der Waals surface area contributed by atoms with Gasteiger partial charge < -0.3 is 9.84 Å². The maximum absolute atomic E-state index is 13.2. The third-order valence-electron chi connectivity index (χ3n) is 3.75. The van der Waals surface area contributed by atoms with Crippen LogP contribution in [0.5, 0.6) is 5.88 Å². The number of benzene rings is 2. The first kappa shape index (κ1) is 18.9. The van der Waals surface area contributed by atoms with Gasteiger partial charge in [-0.15, -0.1) is 11.3 Å². The van der Waals surface area contributed by atoms with Gasteiger partial charge in [0, 0.05) is 5.56 Å². The second kappa shape index (κ2) is 7.40. The molecule has 1 aromatic heterocycles. The van der Waals surface area contributed by atoms with Gasteiger partial charge in [0.2, 0.25) is 5.88 Å². The fraction of sp³-hybridized carbons (Fsp3) is 0.158. The first-order valence-electron chi connectivity index (χ1n) is 7.95. The molecular weight excluding hydrogens is 379 g/mol. The number of halogens is 3. The van der Waals surface area contributed by atoms with Crippen LogP contribution in [-0.4, -0.2) is 22.7 Å². The highest BCUT2D eigenvalue weighted by Gasteiger charge is 2.33. The third kappa shape index (κ3) is 3.95. The predicted octanol–water partition coefficient (Wildman–Crippen LogP) is 5.38. The molecule has 3 aromatic rings. The summed E-state index contributed by atoms with van der Waals surface area (Å²) in [7, 11) is 0. The first-order chi connectivity index (χ1) is 12.8. The molecule has 0 unspecified atom stereocenters. The van der Waals surface area contributed by atoms with Crippen LogP contribution in [0.1, 0.15) is 22.2 Å². The van der Waals surface area contributed by atoms with E-state index in [-0.39, 0.29) is 17.0 Å². The van der Waals surface area contributed by atoms with Crippen LogP contribution in [0.25, 0.3) is 21.7 Å². The van der Waals surface area contributed by atoms with Crippen LogP contribution in [0.2, 0.25) is 0 Å². The van der Waals surface area contributed by atoms with E-state index in [1.54, 1.807) is 37.3 Å². The minimum atomic E-state index is -4.45. The molecule has 0 aliphatic heterocycles. The van der Waals surface area contributed by atoms with Gasteiger partial charge in [-0.2, -0.15) is 13.2 Å². The number of carbonyl (C=O) groups excluding carboxylic acids is 1. The summed E-state index contributed by atoms with van der Waals surface area (Å²) in [5.74, 6) is -1.10. The summed E-state index contributed by atoms with van der Waals surface area (Å²) < 4.78 is 44.4. The minimum Gasteiger partial charge on any atom is -0.492 e. The van der Waals surface area contributed by atoms with E-state index in [0.29, 0.717) is 16.1 Å². The summed E-state index contributed by atoms with van der Waals surface area (Å²) in [6.45, 7) is 1.81. The highest BCUT2D eigenvalue weighted by molar-refractivity contribution is 7.17. The standard InChI is InChI=1S/C19H14F3NO3S/c1-2-26-18(25)15-16(24)23-17(27-15)12-9-7-11(8-10-12)13-5-3-4-6-14(13)19(20,21)22/h3-10,24H,2H2,1H3. The van der Waals surface area contributed by atoms with Crippen molar-refractivity contribution >= 4 is 17.3 Å². The van der Waals surface area contributed by atoms with Crippen LogP contribution < -0.4 is 0 Å². The van der Waals surface area contributed by atoms with E-state index in [0.717, 1.165) is 17.4 Å². The molecule has 27 heavy (non-hydrogen) atoms. The molecule has 0 aliphatic carbocycles. The second-order valence-electron chi connectivity index (χ2n) is 5.51. The van der Waals surface area contributed by atoms with Crippen molar-refractivity contribution < 1.29 is 27.8 Å². The Morgan fingerprint density at radius 2 is 1.74 bits per heavy atom. The van der Waals surface area contributed by atoms with E-state index in [2.05, 4.69) is 4.98 Å². The highest BCUT2D eigenvalue weighted by Crippen LogP contribution is 2.38. The fourth-order valence-corrected chi connectivity index (χ4v) is 3.40. The highest BCUT2D eigenvalue weighted by atomic mass is 32.1. The Labute approximate surface area is 156 Å². The quantitative estimate of drug-likeness (QED) is 0.605. The van der Waals surface area contributed by atoms with Crippen molar-refractivity contribution in [2.45, 2.75) is 13.1 Å². The van der Waals surface area contributed by atoms with Gasteiger partial charge in [0.25, 0.3) is 0 Å². The summed E-state index contributed by atoms with van der Waals surface area (Å²) in [6.07, 6.45) is -4.45. The first-order valence-corrected chi connectivity index (χ1v) is 8.77. The Morgan fingerprint density at radius 3 is 2.37 bits per heavy atom. The number of aromatic nitrogens is 1. The van der Waals surface area contributed by atoms with Gasteiger partial charge in [-0.3, -0.25) is 0 Å². The van der Waals surface area contributed by atoms with Gasteiger partial charge >= 0.3 is 12.1 Å². The second-order valence-corrected chi connectivity index (χ2v) is 6.51. The van der Waals surface area contributed by atoms with E-state index >= 15 is 0 Å². The van der Waals surface area contributed by atoms with Gasteiger partial charge in [-0.25, -0.2) is 9.78 Å². The number of rotatable bonds is 4. The van der Waals surface area contributed by atoms with Crippen molar-refractivity contribution in [1.29, 1.82) is 0 Å². The smallest absolute Gasteiger partial charge is 0.417 e. The molecule has 3 rings (SSSR count). The molecule has 0 aliphatic rings. The van der Waals surface area contributed by atoms with Crippen LogP contribution in [0, 0.1) is 0 Å². The number of alkyl halides is 3. The van der Waals surface area contributed by atoms with Gasteiger partial charge in [-0.05, 0) is 24.1 Å². The van der Waals surface area contributed by atoms with Gasteiger partial charge in [-0.1, -0.05) is 42.5 Å². The fourth-order valence-electron chi connectivity index (χ4n) is 2.54. The lowest BCUT2D eigenvalue weighted by molar-refractivity contribution is -0.137. The average Bonchev–Trinajstić information content (AvgIpc) is 3.03. The van der Waals surface area contributed by atoms with Gasteiger partial charge in [0.1, 0.15) is 5.01 Å². The van der Waals surface area contributed by atoms with Gasteiger partial charge in [0.05, 0.1) is 12.2 Å². The number of carbonyl (C=O) groups is 1. The Kier molecular flexibility index (Phi) is 5.18. The van der Waals surface area contributed by atoms with E-state index in [9.17, 15) is 23.1 Å². The molecule has 0 fully saturated rings. The van der Waals surface area contributed by atoms with Crippen molar-refractivity contribution in [3.05, 3.63) is 59.0 Å². The normalized spacial score (nSPS) is 11.4. The lowest BCUT2D eigenvalue weighted by Crippen LogP contribution is -2.06. The molecule has 0 bridgehead atoms. The van der Waals surface area contributed by atoms with E-state index in [1.807, 2.05) is 0 Å². The molecule has 0 saturated carbocycles. The van der Waals surface area contributed by atoms with Crippen molar-refractivity contribution in [3.8, 4) is 27.6 Å². The number of esters is 1. The molecule has 1 N–H and O–H groups in total. The molecular formula is C19H14F3NO3S. The van der Waals surface area contributed by atoms with E-state index < -0.39 is 23.6 Å². The number of hydrogen-bond acceptors (Lipinski definition) is 5. The zero-order valence-electron chi connectivity index (χ0n) is 14.1. The number of ether oxygens (including phenoxy) is 1. The summed E-state index contributed by atoms with van der Waals surface area (Å²) in [6, 6.07) is 11.6. The maximum Gasteiger partial charge on any atom is 0.417 e. The van der Waals surface area contributed by atoms with Crippen LogP contribution in [0.15, 0.2) is 48.5 Å². The molecule has 0 atom stereocenters. The Balaban J connectivity index is 1.94. The van der Waals surface area contributed by atoms with Crippen molar-refractivity contribution in [3.63, 3.8) is 0 Å². The van der Waals surface area contributed by atoms with E-state index in [4.69, 9.17) is 4.74 Å². The zero-order valence-corrected chi connectivity index (χ0v) is 14.9. The monoisotopic (exact) mass is 393 g/mol. The molecule has 2 aromatic carbocycles. The van der Waals surface area contributed by atoms with E-state index in [1.165, 1.54) is 12.1 Å². The molecule has 140 valence electrons. The number of nitrogens with zero attached hydrogens (tertiary/aromatic N) is 1. The summed E-state index contributed by atoms with van der Waals surface area (Å²) in [4.78, 5) is 15.7. The predicted molar refractivity (Wildman–Crippen MR) is 95.6 cm³/mol. The summed E-state index contributed by atoms with van der Waals surface area (Å²) in [5.41, 5.74) is 0.331. The SMILES string of the molecule is CCOC(=O)c1sc(-c2ccc(-c3ccccc3C(F)(F)F)cc2)nc1O. The number of thiazole rings is 1. The molecule has 8 heteroatoms. The van der Waals surface area contributed by atoms with Crippen LogP contribution in [-0.2, 0) is 10.9 Å². The molecule has 0 radical (unpaired) electrons. The number of hydrogen-bond donors (Lipinski definition) is 1. The lowest BCUT2D eigenvalue weighted by atomic mass is 9.98. The Morgan fingerprint density at radius 1 is 1.11 bits per heavy atom. The lowest BCUT2D eigenvalue weighted by Gasteiger charge is -2.12. The maximum atomic E-state index is 13.2. The topological polar surface area (TPSA) is 59.4 Å². The molecule has 4 nitrogen and oxygen atoms in total. The Bertz CT molecular complexity index is 965. The molecule has 1 heterocycles. The molecule has 0 amide bonds. The largest absolute Gasteiger partial charge is 0.492 e. The van der Waals surface area contributed by atoms with Crippen LogP contribution in [0.4, 0.5) is 13.2 Å². The van der Waals surface area contributed by atoms with Crippen molar-refractivity contribution in [1.82, 2.24) is 4.98 Å². The molecule has 0 saturated heterocycles. The van der Waals surface area contributed by atoms with Gasteiger partial charge in [0.15, 0.2) is 4.88 Å². The number of aromatic hydroxyl groups is 1.